The van der Waals surface area contributed by atoms with Crippen molar-refractivity contribution < 1.29 is 9.21 Å². The van der Waals surface area contributed by atoms with Gasteiger partial charge in [0.2, 0.25) is 0 Å². The van der Waals surface area contributed by atoms with E-state index in [1.54, 1.807) is 12.1 Å². The van der Waals surface area contributed by atoms with Gasteiger partial charge < -0.3 is 15.5 Å². The maximum absolute atomic E-state index is 11.9. The lowest BCUT2D eigenvalue weighted by atomic mass is 9.90. The van der Waals surface area contributed by atoms with Crippen molar-refractivity contribution in [2.75, 3.05) is 6.54 Å². The fraction of sp³-hybridized carbons (Fsp3) is 0.583. The minimum Gasteiger partial charge on any atom is -0.444 e. The molecule has 0 saturated heterocycles. The summed E-state index contributed by atoms with van der Waals surface area (Å²) in [6, 6.07) is 3.32. The summed E-state index contributed by atoms with van der Waals surface area (Å²) in [6.45, 7) is 6.55. The van der Waals surface area contributed by atoms with Crippen LogP contribution in [0.25, 0.3) is 0 Å². The maximum Gasteiger partial charge on any atom is 0.287 e. The number of hydrogen-bond acceptors (Lipinski definition) is 3. The molecule has 1 aromatic heterocycles. The van der Waals surface area contributed by atoms with E-state index in [2.05, 4.69) is 35.1 Å². The van der Waals surface area contributed by atoms with Gasteiger partial charge in [0.15, 0.2) is 10.4 Å². The summed E-state index contributed by atoms with van der Waals surface area (Å²) in [5, 5.41) is 2.93. The monoisotopic (exact) mass is 302 g/mol. The molecular formula is C12H19BrN2O2. The summed E-state index contributed by atoms with van der Waals surface area (Å²) in [7, 11) is 0. The number of nitrogens with two attached hydrogens (primary N) is 1. The number of amides is 1. The molecule has 0 aliphatic rings. The van der Waals surface area contributed by atoms with Crippen molar-refractivity contribution in [2.24, 2.45) is 11.7 Å². The average Bonchev–Trinajstić information content (AvgIpc) is 2.63. The van der Waals surface area contributed by atoms with E-state index < -0.39 is 5.54 Å². The first-order valence-corrected chi connectivity index (χ1v) is 6.43. The van der Waals surface area contributed by atoms with Gasteiger partial charge in [-0.1, -0.05) is 13.8 Å². The van der Waals surface area contributed by atoms with Gasteiger partial charge in [0.25, 0.3) is 5.91 Å². The second-order valence-electron chi connectivity index (χ2n) is 4.92. The summed E-state index contributed by atoms with van der Waals surface area (Å²) in [5.74, 6) is 0.525. The van der Waals surface area contributed by atoms with Crippen molar-refractivity contribution in [1.29, 1.82) is 0 Å². The summed E-state index contributed by atoms with van der Waals surface area (Å²) < 4.78 is 5.75. The molecule has 1 rings (SSSR count). The van der Waals surface area contributed by atoms with Crippen LogP contribution < -0.4 is 11.1 Å². The molecule has 0 fully saturated rings. The van der Waals surface area contributed by atoms with Crippen molar-refractivity contribution in [2.45, 2.75) is 32.7 Å². The Balaban J connectivity index is 2.71. The predicted molar refractivity (Wildman–Crippen MR) is 70.8 cm³/mol. The molecule has 0 aromatic carbocycles. The van der Waals surface area contributed by atoms with Gasteiger partial charge in [0.1, 0.15) is 0 Å². The third kappa shape index (κ3) is 4.16. The highest BCUT2D eigenvalue weighted by Crippen LogP contribution is 2.18. The molecular weight excluding hydrogens is 284 g/mol. The Morgan fingerprint density at radius 3 is 2.65 bits per heavy atom. The number of hydrogen-bond donors (Lipinski definition) is 2. The highest BCUT2D eigenvalue weighted by molar-refractivity contribution is 9.10. The van der Waals surface area contributed by atoms with Gasteiger partial charge in [-0.3, -0.25) is 4.79 Å². The number of rotatable bonds is 5. The van der Waals surface area contributed by atoms with E-state index >= 15 is 0 Å². The van der Waals surface area contributed by atoms with Gasteiger partial charge in [-0.2, -0.15) is 0 Å². The number of carbonyl (C=O) groups excluding carboxylic acids is 1. The topological polar surface area (TPSA) is 68.3 Å². The van der Waals surface area contributed by atoms with E-state index in [1.807, 2.05) is 6.92 Å². The molecule has 4 nitrogen and oxygen atoms in total. The van der Waals surface area contributed by atoms with Crippen LogP contribution in [0.15, 0.2) is 21.2 Å². The molecule has 0 aliphatic carbocycles. The second-order valence-corrected chi connectivity index (χ2v) is 5.70. The number of furan rings is 1. The lowest BCUT2D eigenvalue weighted by Crippen LogP contribution is -2.52. The quantitative estimate of drug-likeness (QED) is 0.878. The van der Waals surface area contributed by atoms with Gasteiger partial charge >= 0.3 is 0 Å². The second kappa shape index (κ2) is 5.69. The fourth-order valence-electron chi connectivity index (χ4n) is 1.86. The molecule has 0 saturated carbocycles. The molecule has 0 aliphatic heterocycles. The Kier molecular flexibility index (Phi) is 4.77. The van der Waals surface area contributed by atoms with Crippen LogP contribution in [0.1, 0.15) is 37.7 Å². The van der Waals surface area contributed by atoms with E-state index in [0.29, 0.717) is 22.9 Å². The number of carbonyl (C=O) groups is 1. The van der Waals surface area contributed by atoms with E-state index in [0.717, 1.165) is 6.42 Å². The van der Waals surface area contributed by atoms with Crippen LogP contribution >= 0.6 is 15.9 Å². The summed E-state index contributed by atoms with van der Waals surface area (Å²) in [6.07, 6.45) is 0.830. The molecule has 1 amide bonds. The van der Waals surface area contributed by atoms with E-state index in [-0.39, 0.29) is 5.91 Å². The lowest BCUT2D eigenvalue weighted by Gasteiger charge is -2.30. The Morgan fingerprint density at radius 1 is 1.59 bits per heavy atom. The highest BCUT2D eigenvalue weighted by atomic mass is 79.9. The zero-order valence-corrected chi connectivity index (χ0v) is 12.0. The molecule has 1 unspecified atom stereocenters. The molecule has 3 N–H and O–H groups in total. The number of halogens is 1. The van der Waals surface area contributed by atoms with Crippen molar-refractivity contribution >= 4 is 21.8 Å². The minimum absolute atomic E-state index is 0.232. The third-order valence-electron chi connectivity index (χ3n) is 2.52. The Morgan fingerprint density at radius 2 is 2.24 bits per heavy atom. The van der Waals surface area contributed by atoms with Crippen LogP contribution in [0, 0.1) is 5.92 Å². The molecule has 1 heterocycles. The Hall–Kier alpha value is -0.810. The molecule has 0 bridgehead atoms. The normalized spacial score (nSPS) is 14.7. The van der Waals surface area contributed by atoms with E-state index in [9.17, 15) is 4.79 Å². The number of nitrogens with one attached hydrogen (secondary N) is 1. The molecule has 0 spiro atoms. The molecule has 1 atom stereocenters. The first-order chi connectivity index (χ1) is 7.86. The fourth-order valence-corrected chi connectivity index (χ4v) is 2.17. The van der Waals surface area contributed by atoms with Gasteiger partial charge in [0, 0.05) is 6.54 Å². The molecule has 5 heteroatoms. The first kappa shape index (κ1) is 14.3. The molecule has 0 radical (unpaired) electrons. The average molecular weight is 303 g/mol. The van der Waals surface area contributed by atoms with Gasteiger partial charge in [0.05, 0.1) is 5.54 Å². The molecule has 17 heavy (non-hydrogen) atoms. The maximum atomic E-state index is 11.9. The van der Waals surface area contributed by atoms with E-state index in [1.165, 1.54) is 0 Å². The van der Waals surface area contributed by atoms with E-state index in [4.69, 9.17) is 10.2 Å². The SMILES string of the molecule is CC(C)CC(C)(CN)NC(=O)c1ccc(Br)o1. The van der Waals surface area contributed by atoms with Crippen molar-refractivity contribution in [3.8, 4) is 0 Å². The van der Waals surface area contributed by atoms with Crippen LogP contribution in [0.3, 0.4) is 0 Å². The van der Waals surface area contributed by atoms with Crippen LogP contribution in [-0.4, -0.2) is 18.0 Å². The van der Waals surface area contributed by atoms with Gasteiger partial charge in [-0.05, 0) is 47.3 Å². The highest BCUT2D eigenvalue weighted by Gasteiger charge is 2.27. The summed E-state index contributed by atoms with van der Waals surface area (Å²) in [5.41, 5.74) is 5.33. The van der Waals surface area contributed by atoms with Crippen molar-refractivity contribution in [3.63, 3.8) is 0 Å². The van der Waals surface area contributed by atoms with Crippen LogP contribution in [0.4, 0.5) is 0 Å². The van der Waals surface area contributed by atoms with Gasteiger partial charge in [-0.25, -0.2) is 0 Å². The van der Waals surface area contributed by atoms with Crippen LogP contribution in [-0.2, 0) is 0 Å². The van der Waals surface area contributed by atoms with Gasteiger partial charge in [-0.15, -0.1) is 0 Å². The standard InChI is InChI=1S/C12H19BrN2O2/c1-8(2)6-12(3,7-14)15-11(16)9-4-5-10(13)17-9/h4-5,8H,6-7,14H2,1-3H3,(H,15,16). The lowest BCUT2D eigenvalue weighted by molar-refractivity contribution is 0.0868. The summed E-state index contributed by atoms with van der Waals surface area (Å²) >= 11 is 3.17. The van der Waals surface area contributed by atoms with Crippen LogP contribution in [0.2, 0.25) is 0 Å². The smallest absolute Gasteiger partial charge is 0.287 e. The Labute approximate surface area is 110 Å². The zero-order chi connectivity index (χ0) is 13.1. The zero-order valence-electron chi connectivity index (χ0n) is 10.4. The Bertz CT molecular complexity index is 390. The summed E-state index contributed by atoms with van der Waals surface area (Å²) in [4.78, 5) is 11.9. The predicted octanol–water partition coefficient (Wildman–Crippen LogP) is 2.54. The van der Waals surface area contributed by atoms with Crippen LogP contribution in [0.5, 0.6) is 0 Å². The first-order valence-electron chi connectivity index (χ1n) is 5.64. The van der Waals surface area contributed by atoms with Crippen molar-refractivity contribution in [3.05, 3.63) is 22.6 Å². The third-order valence-corrected chi connectivity index (χ3v) is 2.95. The minimum atomic E-state index is -0.398. The van der Waals surface area contributed by atoms with Crippen molar-refractivity contribution in [1.82, 2.24) is 5.32 Å². The largest absolute Gasteiger partial charge is 0.444 e. The molecule has 96 valence electrons. The molecule has 1 aromatic rings.